The maximum atomic E-state index is 2.30. The van der Waals surface area contributed by atoms with E-state index in [2.05, 4.69) is 57.0 Å². The first-order valence-electron chi connectivity index (χ1n) is 11.9. The van der Waals surface area contributed by atoms with E-state index >= 15 is 0 Å². The monoisotopic (exact) mass is 452 g/mol. The van der Waals surface area contributed by atoms with Crippen LogP contribution in [0.25, 0.3) is 0 Å². The zero-order valence-electron chi connectivity index (χ0n) is 18.5. The van der Waals surface area contributed by atoms with E-state index in [1.807, 2.05) is 0 Å². The summed E-state index contributed by atoms with van der Waals surface area (Å²) >= 11 is 0. The second-order valence-electron chi connectivity index (χ2n) is 7.59. The second-order valence-corrected chi connectivity index (χ2v) is 13.0. The molecule has 0 aromatic carbocycles. The summed E-state index contributed by atoms with van der Waals surface area (Å²) < 4.78 is 0. The lowest BCUT2D eigenvalue weighted by Crippen LogP contribution is -1.84. The number of hydrogen-bond acceptors (Lipinski definition) is 4. The highest BCUT2D eigenvalue weighted by Crippen LogP contribution is 2.26. The van der Waals surface area contributed by atoms with Gasteiger partial charge in [0.1, 0.15) is 0 Å². The molecule has 0 N–H and O–H groups in total. The van der Waals surface area contributed by atoms with E-state index in [-0.39, 0.29) is 0 Å². The molecule has 0 amide bonds. The van der Waals surface area contributed by atoms with Gasteiger partial charge in [0.2, 0.25) is 0 Å². The third kappa shape index (κ3) is 27.4. The van der Waals surface area contributed by atoms with Crippen molar-refractivity contribution in [1.29, 1.82) is 0 Å². The minimum atomic E-state index is 1.36. The molecule has 0 bridgehead atoms. The summed E-state index contributed by atoms with van der Waals surface area (Å²) in [4.78, 5) is 0. The fraction of sp³-hybridized carbons (Fsp3) is 1.00. The minimum Gasteiger partial charge on any atom is -0.0942 e. The van der Waals surface area contributed by atoms with Crippen molar-refractivity contribution in [3.8, 4) is 0 Å². The van der Waals surface area contributed by atoms with Gasteiger partial charge in [-0.05, 0) is 25.7 Å². The Kier molecular flexibility index (Phi) is 28.8. The molecule has 0 atom stereocenters. The van der Waals surface area contributed by atoms with Gasteiger partial charge in [0.05, 0.1) is 0 Å². The summed E-state index contributed by atoms with van der Waals surface area (Å²) in [5, 5.41) is 0. The zero-order chi connectivity index (χ0) is 19.7. The highest BCUT2D eigenvalue weighted by Gasteiger charge is 1.96. The van der Waals surface area contributed by atoms with Crippen LogP contribution in [0.1, 0.15) is 123 Å². The lowest BCUT2D eigenvalue weighted by molar-refractivity contribution is 0.604. The molecule has 0 rings (SSSR count). The summed E-state index contributed by atoms with van der Waals surface area (Å²) in [5.41, 5.74) is 0. The van der Waals surface area contributed by atoms with Crippen molar-refractivity contribution in [3.05, 3.63) is 0 Å². The molecular formula is C23H48S4. The van der Waals surface area contributed by atoms with Gasteiger partial charge in [-0.25, -0.2) is 0 Å². The zero-order valence-corrected chi connectivity index (χ0v) is 21.7. The van der Waals surface area contributed by atoms with E-state index in [0.717, 1.165) is 0 Å². The van der Waals surface area contributed by atoms with Gasteiger partial charge in [0, 0.05) is 23.0 Å². The lowest BCUT2D eigenvalue weighted by atomic mass is 10.1. The molecule has 0 fully saturated rings. The van der Waals surface area contributed by atoms with Gasteiger partial charge < -0.3 is 0 Å². The molecule has 164 valence electrons. The van der Waals surface area contributed by atoms with Gasteiger partial charge in [0.25, 0.3) is 0 Å². The van der Waals surface area contributed by atoms with Crippen molar-refractivity contribution in [2.24, 2.45) is 0 Å². The molecule has 0 aromatic rings. The Labute approximate surface area is 188 Å². The quantitative estimate of drug-likeness (QED) is 0.105. The summed E-state index contributed by atoms with van der Waals surface area (Å²) in [5.74, 6) is 5.45. The normalized spacial score (nSPS) is 11.3. The topological polar surface area (TPSA) is 0 Å². The molecule has 0 saturated carbocycles. The standard InChI is InChI=1S/C23H48S4/c1-3-5-7-9-11-13-16-20-24-26-22-18-15-19-23-27-25-21-17-14-12-10-8-6-4-2/h3-23H2,1-2H3. The molecule has 0 aliphatic carbocycles. The average Bonchev–Trinajstić information content (AvgIpc) is 2.68. The molecule has 0 unspecified atom stereocenters. The molecular weight excluding hydrogens is 405 g/mol. The largest absolute Gasteiger partial charge is 0.0942 e. The van der Waals surface area contributed by atoms with Crippen LogP contribution in [-0.4, -0.2) is 23.0 Å². The molecule has 0 radical (unpaired) electrons. The second kappa shape index (κ2) is 27.4. The van der Waals surface area contributed by atoms with Crippen molar-refractivity contribution in [3.63, 3.8) is 0 Å². The highest BCUT2D eigenvalue weighted by molar-refractivity contribution is 8.77. The Balaban J connectivity index is 2.95. The molecule has 0 spiro atoms. The van der Waals surface area contributed by atoms with Gasteiger partial charge in [-0.1, -0.05) is 140 Å². The van der Waals surface area contributed by atoms with Crippen molar-refractivity contribution in [2.75, 3.05) is 23.0 Å². The van der Waals surface area contributed by atoms with Crippen molar-refractivity contribution >= 4 is 43.2 Å². The van der Waals surface area contributed by atoms with Crippen LogP contribution in [0.3, 0.4) is 0 Å². The molecule has 0 aromatic heterocycles. The van der Waals surface area contributed by atoms with E-state index in [4.69, 9.17) is 0 Å². The predicted octanol–water partition coefficient (Wildman–Crippen LogP) is 10.4. The number of rotatable bonds is 24. The number of unbranched alkanes of at least 4 members (excludes halogenated alkanes) is 14. The first kappa shape index (κ1) is 28.4. The van der Waals surface area contributed by atoms with Gasteiger partial charge >= 0.3 is 0 Å². The SMILES string of the molecule is CCCCCCCCCSSCCCCCSSCCCCCCCCC. The van der Waals surface area contributed by atoms with Crippen LogP contribution in [-0.2, 0) is 0 Å². The van der Waals surface area contributed by atoms with E-state index in [9.17, 15) is 0 Å². The van der Waals surface area contributed by atoms with Crippen molar-refractivity contribution in [1.82, 2.24) is 0 Å². The van der Waals surface area contributed by atoms with Crippen molar-refractivity contribution < 1.29 is 0 Å². The Bertz CT molecular complexity index is 225. The maximum absolute atomic E-state index is 2.30. The van der Waals surface area contributed by atoms with E-state index in [1.165, 1.54) is 132 Å². The first-order chi connectivity index (χ1) is 13.4. The van der Waals surface area contributed by atoms with Crippen LogP contribution in [0, 0.1) is 0 Å². The Morgan fingerprint density at radius 3 is 0.815 bits per heavy atom. The minimum absolute atomic E-state index is 1.36. The Hall–Kier alpha value is 1.40. The molecule has 0 nitrogen and oxygen atoms in total. The molecule has 0 aliphatic rings. The van der Waals surface area contributed by atoms with Gasteiger partial charge in [-0.15, -0.1) is 0 Å². The third-order valence-corrected chi connectivity index (χ3v) is 9.94. The molecule has 0 aliphatic heterocycles. The first-order valence-corrected chi connectivity index (χ1v) is 16.9. The molecule has 0 heterocycles. The van der Waals surface area contributed by atoms with Crippen LogP contribution < -0.4 is 0 Å². The summed E-state index contributed by atoms with van der Waals surface area (Å²) in [6.07, 6.45) is 24.3. The van der Waals surface area contributed by atoms with Crippen LogP contribution in [0.15, 0.2) is 0 Å². The van der Waals surface area contributed by atoms with Crippen LogP contribution in [0.2, 0.25) is 0 Å². The number of hydrogen-bond donors (Lipinski definition) is 0. The Morgan fingerprint density at radius 2 is 0.519 bits per heavy atom. The van der Waals surface area contributed by atoms with E-state index < -0.39 is 0 Å². The summed E-state index contributed by atoms with van der Waals surface area (Å²) in [6, 6.07) is 0. The Morgan fingerprint density at radius 1 is 0.296 bits per heavy atom. The molecule has 4 heteroatoms. The van der Waals surface area contributed by atoms with Gasteiger partial charge in [-0.3, -0.25) is 0 Å². The fourth-order valence-electron chi connectivity index (χ4n) is 2.97. The predicted molar refractivity (Wildman–Crippen MR) is 140 cm³/mol. The average molecular weight is 453 g/mol. The van der Waals surface area contributed by atoms with Crippen molar-refractivity contribution in [2.45, 2.75) is 123 Å². The lowest BCUT2D eigenvalue weighted by Gasteiger charge is -2.03. The van der Waals surface area contributed by atoms with Gasteiger partial charge in [0.15, 0.2) is 0 Å². The fourth-order valence-corrected chi connectivity index (χ4v) is 7.56. The molecule has 27 heavy (non-hydrogen) atoms. The summed E-state index contributed by atoms with van der Waals surface area (Å²) in [7, 11) is 8.46. The van der Waals surface area contributed by atoms with Crippen LogP contribution in [0.5, 0.6) is 0 Å². The molecule has 0 saturated heterocycles. The van der Waals surface area contributed by atoms with Crippen LogP contribution in [0.4, 0.5) is 0 Å². The van der Waals surface area contributed by atoms with E-state index in [0.29, 0.717) is 0 Å². The highest BCUT2D eigenvalue weighted by atomic mass is 33.1. The summed E-state index contributed by atoms with van der Waals surface area (Å²) in [6.45, 7) is 4.59. The van der Waals surface area contributed by atoms with E-state index in [1.54, 1.807) is 0 Å². The van der Waals surface area contributed by atoms with Crippen LogP contribution >= 0.6 is 43.2 Å². The third-order valence-electron chi connectivity index (χ3n) is 4.78. The van der Waals surface area contributed by atoms with Gasteiger partial charge in [-0.2, -0.15) is 0 Å². The smallest absolute Gasteiger partial charge is 0.00369 e. The maximum Gasteiger partial charge on any atom is 0.00369 e.